The molecule has 0 spiro atoms. The van der Waals surface area contributed by atoms with Crippen LogP contribution in [0.5, 0.6) is 0 Å². The maximum absolute atomic E-state index is 12.5. The topological polar surface area (TPSA) is 66.5 Å². The Morgan fingerprint density at radius 3 is 2.32 bits per heavy atom. The lowest BCUT2D eigenvalue weighted by molar-refractivity contribution is -0.121. The first-order valence-corrected chi connectivity index (χ1v) is 11.1. The van der Waals surface area contributed by atoms with Gasteiger partial charge >= 0.3 is 0 Å². The van der Waals surface area contributed by atoms with Crippen LogP contribution in [0.25, 0.3) is 0 Å². The SMILES string of the molecule is Cc1ccc(N(C(C)C(=O)NCCSC(C)(C)C)S(C)(=O)=O)cc1C. The third-order valence-corrected chi connectivity index (χ3v) is 6.29. The fraction of sp³-hybridized carbons (Fsp3) is 0.611. The number of amides is 1. The second kappa shape index (κ2) is 8.45. The summed E-state index contributed by atoms with van der Waals surface area (Å²) in [6.07, 6.45) is 1.13. The third-order valence-electron chi connectivity index (χ3n) is 3.77. The van der Waals surface area contributed by atoms with Crippen molar-refractivity contribution in [1.82, 2.24) is 5.32 Å². The maximum atomic E-state index is 12.5. The van der Waals surface area contributed by atoms with Gasteiger partial charge in [-0.1, -0.05) is 26.8 Å². The first kappa shape index (κ1) is 21.8. The van der Waals surface area contributed by atoms with Crippen LogP contribution in [-0.2, 0) is 14.8 Å². The van der Waals surface area contributed by atoms with Gasteiger partial charge in [0.15, 0.2) is 0 Å². The summed E-state index contributed by atoms with van der Waals surface area (Å²) < 4.78 is 25.9. The quantitative estimate of drug-likeness (QED) is 0.731. The standard InChI is InChI=1S/C18H30N2O3S2/c1-13-8-9-16(12-14(13)2)20(25(7,22)23)15(3)17(21)19-10-11-24-18(4,5)6/h8-9,12,15H,10-11H2,1-7H3,(H,19,21). The largest absolute Gasteiger partial charge is 0.353 e. The Balaban J connectivity index is 2.89. The molecule has 0 saturated heterocycles. The van der Waals surface area contributed by atoms with Gasteiger partial charge in [-0.15, -0.1) is 0 Å². The summed E-state index contributed by atoms with van der Waals surface area (Å²) in [6.45, 7) is 12.4. The Labute approximate surface area is 156 Å². The molecule has 0 aliphatic heterocycles. The third kappa shape index (κ3) is 6.90. The van der Waals surface area contributed by atoms with E-state index in [1.54, 1.807) is 30.8 Å². The van der Waals surface area contributed by atoms with E-state index in [2.05, 4.69) is 26.1 Å². The molecule has 0 radical (unpaired) electrons. The van der Waals surface area contributed by atoms with E-state index in [4.69, 9.17) is 0 Å². The Morgan fingerprint density at radius 2 is 1.84 bits per heavy atom. The zero-order chi connectivity index (χ0) is 19.4. The van der Waals surface area contributed by atoms with Gasteiger partial charge in [0.05, 0.1) is 11.9 Å². The summed E-state index contributed by atoms with van der Waals surface area (Å²) in [5.41, 5.74) is 2.58. The number of sulfonamides is 1. The molecule has 1 rings (SSSR count). The predicted octanol–water partition coefficient (Wildman–Crippen LogP) is 3.11. The molecule has 1 N–H and O–H groups in total. The van der Waals surface area contributed by atoms with Gasteiger partial charge in [0.2, 0.25) is 15.9 Å². The van der Waals surface area contributed by atoms with E-state index in [0.29, 0.717) is 12.2 Å². The van der Waals surface area contributed by atoms with E-state index in [1.165, 1.54) is 4.31 Å². The minimum atomic E-state index is -3.58. The molecule has 5 nitrogen and oxygen atoms in total. The number of carbonyl (C=O) groups is 1. The summed E-state index contributed by atoms with van der Waals surface area (Å²) in [7, 11) is -3.58. The van der Waals surface area contributed by atoms with Gasteiger partial charge in [0.25, 0.3) is 0 Å². The summed E-state index contributed by atoms with van der Waals surface area (Å²) in [4.78, 5) is 12.5. The van der Waals surface area contributed by atoms with Crippen LogP contribution in [0.15, 0.2) is 18.2 Å². The Hall–Kier alpha value is -1.21. The van der Waals surface area contributed by atoms with Gasteiger partial charge < -0.3 is 5.32 Å². The first-order valence-electron chi connectivity index (χ1n) is 8.31. The average Bonchev–Trinajstić information content (AvgIpc) is 2.44. The number of aryl methyl sites for hydroxylation is 2. The van der Waals surface area contributed by atoms with Crippen LogP contribution in [-0.4, -0.2) is 43.7 Å². The van der Waals surface area contributed by atoms with Crippen LogP contribution in [0.4, 0.5) is 5.69 Å². The Morgan fingerprint density at radius 1 is 1.24 bits per heavy atom. The molecule has 7 heteroatoms. The number of nitrogens with one attached hydrogen (secondary N) is 1. The van der Waals surface area contributed by atoms with Gasteiger partial charge in [-0.2, -0.15) is 11.8 Å². The second-order valence-electron chi connectivity index (χ2n) is 7.26. The molecule has 1 aromatic rings. The molecule has 0 saturated carbocycles. The number of rotatable bonds is 7. The van der Waals surface area contributed by atoms with Crippen LogP contribution < -0.4 is 9.62 Å². The van der Waals surface area contributed by atoms with Crippen molar-refractivity contribution in [3.8, 4) is 0 Å². The van der Waals surface area contributed by atoms with Gasteiger partial charge in [-0.05, 0) is 44.0 Å². The molecule has 1 amide bonds. The molecule has 0 bridgehead atoms. The normalized spacial score (nSPS) is 13.4. The number of nitrogens with zero attached hydrogens (tertiary/aromatic N) is 1. The highest BCUT2D eigenvalue weighted by Gasteiger charge is 2.29. The van der Waals surface area contributed by atoms with Crippen LogP contribution in [0, 0.1) is 13.8 Å². The van der Waals surface area contributed by atoms with Crippen molar-refractivity contribution in [3.05, 3.63) is 29.3 Å². The predicted molar refractivity (Wildman–Crippen MR) is 108 cm³/mol. The molecular weight excluding hydrogens is 356 g/mol. The van der Waals surface area contributed by atoms with E-state index in [9.17, 15) is 13.2 Å². The molecule has 1 atom stereocenters. The molecule has 0 heterocycles. The van der Waals surface area contributed by atoms with Gasteiger partial charge in [-0.3, -0.25) is 9.10 Å². The molecule has 1 aromatic carbocycles. The smallest absolute Gasteiger partial charge is 0.243 e. The molecule has 0 aliphatic rings. The highest BCUT2D eigenvalue weighted by Crippen LogP contribution is 2.24. The van der Waals surface area contributed by atoms with Crippen molar-refractivity contribution >= 4 is 33.4 Å². The van der Waals surface area contributed by atoms with Crippen molar-refractivity contribution in [1.29, 1.82) is 0 Å². The first-order chi connectivity index (χ1) is 11.3. The number of anilines is 1. The van der Waals surface area contributed by atoms with Crippen molar-refractivity contribution in [2.75, 3.05) is 22.9 Å². The lowest BCUT2D eigenvalue weighted by Crippen LogP contribution is -2.48. The highest BCUT2D eigenvalue weighted by atomic mass is 32.2. The van der Waals surface area contributed by atoms with E-state index in [1.807, 2.05) is 19.9 Å². The summed E-state index contributed by atoms with van der Waals surface area (Å²) >= 11 is 1.75. The van der Waals surface area contributed by atoms with Crippen LogP contribution in [0.1, 0.15) is 38.8 Å². The summed E-state index contributed by atoms with van der Waals surface area (Å²) in [5.74, 6) is 0.489. The zero-order valence-corrected chi connectivity index (χ0v) is 17.8. The van der Waals surface area contributed by atoms with Gasteiger partial charge in [-0.25, -0.2) is 8.42 Å². The second-order valence-corrected chi connectivity index (χ2v) is 11.0. The minimum absolute atomic E-state index is 0.133. The van der Waals surface area contributed by atoms with E-state index in [0.717, 1.165) is 23.1 Å². The minimum Gasteiger partial charge on any atom is -0.353 e. The maximum Gasteiger partial charge on any atom is 0.243 e. The number of carbonyl (C=O) groups excluding carboxylic acids is 1. The molecule has 25 heavy (non-hydrogen) atoms. The number of hydrogen-bond donors (Lipinski definition) is 1. The lowest BCUT2D eigenvalue weighted by Gasteiger charge is -2.29. The van der Waals surface area contributed by atoms with Crippen LogP contribution in [0.2, 0.25) is 0 Å². The molecular formula is C18H30N2O3S2. The fourth-order valence-electron chi connectivity index (χ4n) is 2.35. The monoisotopic (exact) mass is 386 g/mol. The molecule has 1 unspecified atom stereocenters. The molecule has 0 aliphatic carbocycles. The fourth-order valence-corrected chi connectivity index (χ4v) is 4.33. The summed E-state index contributed by atoms with van der Waals surface area (Å²) in [6, 6.07) is 4.60. The number of benzene rings is 1. The van der Waals surface area contributed by atoms with E-state index < -0.39 is 16.1 Å². The van der Waals surface area contributed by atoms with Gasteiger partial charge in [0.1, 0.15) is 6.04 Å². The highest BCUT2D eigenvalue weighted by molar-refractivity contribution is 8.00. The zero-order valence-electron chi connectivity index (χ0n) is 16.2. The van der Waals surface area contributed by atoms with Crippen molar-refractivity contribution in [3.63, 3.8) is 0 Å². The Kier molecular flexibility index (Phi) is 7.38. The van der Waals surface area contributed by atoms with Gasteiger partial charge in [0, 0.05) is 17.0 Å². The molecule has 0 fully saturated rings. The van der Waals surface area contributed by atoms with Crippen molar-refractivity contribution < 1.29 is 13.2 Å². The van der Waals surface area contributed by atoms with Crippen molar-refractivity contribution in [2.24, 2.45) is 0 Å². The van der Waals surface area contributed by atoms with E-state index >= 15 is 0 Å². The van der Waals surface area contributed by atoms with Crippen LogP contribution >= 0.6 is 11.8 Å². The Bertz CT molecular complexity index is 710. The van der Waals surface area contributed by atoms with Crippen LogP contribution in [0.3, 0.4) is 0 Å². The lowest BCUT2D eigenvalue weighted by atomic mass is 10.1. The van der Waals surface area contributed by atoms with E-state index in [-0.39, 0.29) is 10.7 Å². The average molecular weight is 387 g/mol. The molecule has 0 aromatic heterocycles. The van der Waals surface area contributed by atoms with Crippen molar-refractivity contribution in [2.45, 2.75) is 52.3 Å². The summed E-state index contributed by atoms with van der Waals surface area (Å²) in [5, 5.41) is 2.84. The number of hydrogen-bond acceptors (Lipinski definition) is 4. The number of thioether (sulfide) groups is 1. The molecule has 142 valence electrons.